The second-order valence-corrected chi connectivity index (χ2v) is 4.55. The van der Waals surface area contributed by atoms with Gasteiger partial charge in [-0.2, -0.15) is 0 Å². The van der Waals surface area contributed by atoms with Crippen LogP contribution in [0.25, 0.3) is 0 Å². The molecular formula is C11H12N2O2. The van der Waals surface area contributed by atoms with Crippen LogP contribution < -0.4 is 0 Å². The third kappa shape index (κ3) is 1.70. The highest BCUT2D eigenvalue weighted by molar-refractivity contribution is 5.35. The van der Waals surface area contributed by atoms with Crippen molar-refractivity contribution < 1.29 is 9.59 Å². The summed E-state index contributed by atoms with van der Waals surface area (Å²) >= 11 is 0. The maximum Gasteiger partial charge on any atom is 0.234 e. The van der Waals surface area contributed by atoms with E-state index in [9.17, 15) is 9.59 Å². The van der Waals surface area contributed by atoms with Crippen LogP contribution in [0.2, 0.25) is 0 Å². The first kappa shape index (κ1) is 10.0. The summed E-state index contributed by atoms with van der Waals surface area (Å²) in [6.07, 6.45) is 10.4. The van der Waals surface area contributed by atoms with Gasteiger partial charge in [0.2, 0.25) is 12.2 Å². The van der Waals surface area contributed by atoms with Gasteiger partial charge in [-0.05, 0) is 19.3 Å². The van der Waals surface area contributed by atoms with Gasteiger partial charge in [0.1, 0.15) is 0 Å². The molecule has 0 aromatic heterocycles. The first-order valence-electron chi connectivity index (χ1n) is 5.02. The molecule has 78 valence electrons. The van der Waals surface area contributed by atoms with Gasteiger partial charge in [-0.25, -0.2) is 19.6 Å². The Bertz CT molecular complexity index is 355. The second-order valence-electron chi connectivity index (χ2n) is 4.55. The van der Waals surface area contributed by atoms with Crippen molar-refractivity contribution >= 4 is 12.2 Å². The Hall–Kier alpha value is -1.50. The zero-order valence-corrected chi connectivity index (χ0v) is 8.40. The van der Waals surface area contributed by atoms with Crippen LogP contribution in [0.4, 0.5) is 0 Å². The van der Waals surface area contributed by atoms with Crippen molar-refractivity contribution in [3.63, 3.8) is 0 Å². The molecule has 2 atom stereocenters. The molecule has 0 N–H and O–H groups in total. The van der Waals surface area contributed by atoms with E-state index in [1.807, 2.05) is 0 Å². The van der Waals surface area contributed by atoms with Gasteiger partial charge >= 0.3 is 0 Å². The molecule has 2 aliphatic rings. The van der Waals surface area contributed by atoms with Crippen LogP contribution in [0.5, 0.6) is 0 Å². The zero-order chi connectivity index (χ0) is 10.8. The van der Waals surface area contributed by atoms with Crippen molar-refractivity contribution in [3.8, 4) is 0 Å². The van der Waals surface area contributed by atoms with Gasteiger partial charge in [0.15, 0.2) is 0 Å². The van der Waals surface area contributed by atoms with E-state index in [2.05, 4.69) is 22.1 Å². The summed E-state index contributed by atoms with van der Waals surface area (Å²) < 4.78 is 0. The van der Waals surface area contributed by atoms with E-state index in [4.69, 9.17) is 0 Å². The molecule has 0 saturated heterocycles. The zero-order valence-electron chi connectivity index (χ0n) is 8.40. The largest absolute Gasteiger partial charge is 0.234 e. The lowest BCUT2D eigenvalue weighted by Gasteiger charge is -2.19. The molecule has 0 aromatic rings. The summed E-state index contributed by atoms with van der Waals surface area (Å²) in [6.45, 7) is 1.03. The average Bonchev–Trinajstić information content (AvgIpc) is 2.80. The number of isocyanates is 2. The van der Waals surface area contributed by atoms with E-state index in [0.717, 1.165) is 19.3 Å². The van der Waals surface area contributed by atoms with Crippen LogP contribution in [0.3, 0.4) is 0 Å². The SMILES string of the molecule is O=C=NCC12C=CC(CN=C=O)(CC1)C2. The minimum atomic E-state index is 0.0236. The van der Waals surface area contributed by atoms with Gasteiger partial charge in [0, 0.05) is 10.8 Å². The highest BCUT2D eigenvalue weighted by Crippen LogP contribution is 2.56. The molecule has 2 aliphatic carbocycles. The Kier molecular flexibility index (Phi) is 2.39. The predicted molar refractivity (Wildman–Crippen MR) is 53.8 cm³/mol. The van der Waals surface area contributed by atoms with Crippen LogP contribution in [0.1, 0.15) is 19.3 Å². The third-order valence-corrected chi connectivity index (χ3v) is 3.53. The number of rotatable bonds is 4. The van der Waals surface area contributed by atoms with Crippen molar-refractivity contribution in [2.75, 3.05) is 13.1 Å². The quantitative estimate of drug-likeness (QED) is 0.394. The van der Waals surface area contributed by atoms with Gasteiger partial charge in [0.05, 0.1) is 13.1 Å². The minimum absolute atomic E-state index is 0.0236. The van der Waals surface area contributed by atoms with Crippen molar-refractivity contribution in [2.24, 2.45) is 20.8 Å². The van der Waals surface area contributed by atoms with Crippen molar-refractivity contribution in [1.29, 1.82) is 0 Å². The average molecular weight is 204 g/mol. The van der Waals surface area contributed by atoms with E-state index in [1.165, 1.54) is 0 Å². The van der Waals surface area contributed by atoms with Crippen LogP contribution in [0, 0.1) is 10.8 Å². The maximum absolute atomic E-state index is 10.1. The smallest absolute Gasteiger partial charge is 0.211 e. The molecule has 15 heavy (non-hydrogen) atoms. The van der Waals surface area contributed by atoms with E-state index < -0.39 is 0 Å². The highest BCUT2D eigenvalue weighted by atomic mass is 16.1. The molecule has 2 bridgehead atoms. The minimum Gasteiger partial charge on any atom is -0.211 e. The summed E-state index contributed by atoms with van der Waals surface area (Å²) in [4.78, 5) is 27.5. The standard InChI is InChI=1S/C11H12N2O2/c14-8-12-6-10-1-2-11(5-10,4-3-10)7-13-9-15/h1-2H,3-7H2. The van der Waals surface area contributed by atoms with E-state index in [0.29, 0.717) is 13.1 Å². The Balaban J connectivity index is 2.11. The van der Waals surface area contributed by atoms with Crippen LogP contribution >= 0.6 is 0 Å². The molecule has 0 aliphatic heterocycles. The molecule has 1 fully saturated rings. The monoisotopic (exact) mass is 204 g/mol. The number of aliphatic imine (C=N–C) groups is 2. The van der Waals surface area contributed by atoms with Gasteiger partial charge in [-0.1, -0.05) is 12.2 Å². The first-order chi connectivity index (χ1) is 7.24. The van der Waals surface area contributed by atoms with E-state index in [-0.39, 0.29) is 10.8 Å². The molecule has 2 unspecified atom stereocenters. The first-order valence-corrected chi connectivity index (χ1v) is 5.02. The summed E-state index contributed by atoms with van der Waals surface area (Å²) in [5.74, 6) is 0. The molecule has 0 heterocycles. The van der Waals surface area contributed by atoms with Crippen molar-refractivity contribution in [2.45, 2.75) is 19.3 Å². The molecule has 4 nitrogen and oxygen atoms in total. The lowest BCUT2D eigenvalue weighted by atomic mass is 9.87. The fourth-order valence-corrected chi connectivity index (χ4v) is 2.77. The number of hydrogen-bond donors (Lipinski definition) is 0. The normalized spacial score (nSPS) is 36.0. The number of fused-ring (bicyclic) bond motifs is 2. The predicted octanol–water partition coefficient (Wildman–Crippen LogP) is 1.38. The summed E-state index contributed by atoms with van der Waals surface area (Å²) in [6, 6.07) is 0. The Morgan fingerprint density at radius 1 is 1.00 bits per heavy atom. The highest BCUT2D eigenvalue weighted by Gasteiger charge is 2.50. The number of carbonyl (C=O) groups excluding carboxylic acids is 2. The number of nitrogens with zero attached hydrogens (tertiary/aromatic N) is 2. The molecular weight excluding hydrogens is 192 g/mol. The third-order valence-electron chi connectivity index (χ3n) is 3.53. The maximum atomic E-state index is 10.1. The molecule has 4 heteroatoms. The van der Waals surface area contributed by atoms with Crippen molar-refractivity contribution in [3.05, 3.63) is 12.2 Å². The summed E-state index contributed by atoms with van der Waals surface area (Å²) in [5, 5.41) is 0. The Morgan fingerprint density at radius 3 is 1.80 bits per heavy atom. The topological polar surface area (TPSA) is 58.9 Å². The molecule has 1 saturated carbocycles. The van der Waals surface area contributed by atoms with Gasteiger partial charge < -0.3 is 0 Å². The van der Waals surface area contributed by atoms with Crippen LogP contribution in [-0.2, 0) is 9.59 Å². The lowest BCUT2D eigenvalue weighted by Crippen LogP contribution is -2.17. The Morgan fingerprint density at radius 2 is 1.47 bits per heavy atom. The van der Waals surface area contributed by atoms with Gasteiger partial charge in [0.25, 0.3) is 0 Å². The summed E-state index contributed by atoms with van der Waals surface area (Å²) in [7, 11) is 0. The van der Waals surface area contributed by atoms with Crippen LogP contribution in [-0.4, -0.2) is 25.2 Å². The van der Waals surface area contributed by atoms with Crippen molar-refractivity contribution in [1.82, 2.24) is 0 Å². The second kappa shape index (κ2) is 3.58. The van der Waals surface area contributed by atoms with Gasteiger partial charge in [-0.15, -0.1) is 0 Å². The van der Waals surface area contributed by atoms with Gasteiger partial charge in [-0.3, -0.25) is 0 Å². The summed E-state index contributed by atoms with van der Waals surface area (Å²) in [5.41, 5.74) is 0.0473. The van der Waals surface area contributed by atoms with E-state index in [1.54, 1.807) is 12.2 Å². The van der Waals surface area contributed by atoms with Crippen LogP contribution in [0.15, 0.2) is 22.1 Å². The lowest BCUT2D eigenvalue weighted by molar-refractivity contribution is 0.375. The molecule has 0 radical (unpaired) electrons. The number of hydrogen-bond acceptors (Lipinski definition) is 4. The molecule has 0 amide bonds. The van der Waals surface area contributed by atoms with E-state index >= 15 is 0 Å². The fourth-order valence-electron chi connectivity index (χ4n) is 2.77. The molecule has 2 rings (SSSR count). The fraction of sp³-hybridized carbons (Fsp3) is 0.636. The molecule has 0 aromatic carbocycles. The Labute approximate surface area is 87.8 Å². The molecule has 0 spiro atoms.